The lowest BCUT2D eigenvalue weighted by Gasteiger charge is -2.18. The zero-order valence-corrected chi connectivity index (χ0v) is 10.9. The predicted molar refractivity (Wildman–Crippen MR) is 65.8 cm³/mol. The summed E-state index contributed by atoms with van der Waals surface area (Å²) in [5.74, 6) is -1.17. The molecule has 0 fully saturated rings. The number of benzene rings is 1. The maximum Gasteiger partial charge on any atom is 0.162 e. The summed E-state index contributed by atoms with van der Waals surface area (Å²) in [7, 11) is 0. The SMILES string of the molecule is CC(=O)c1cccc(C(O)C(O)CCBr)c1F. The molecular formula is C12H14BrFO3. The summed E-state index contributed by atoms with van der Waals surface area (Å²) in [4.78, 5) is 11.1. The Morgan fingerprint density at radius 2 is 2.12 bits per heavy atom. The van der Waals surface area contributed by atoms with Gasteiger partial charge in [0.25, 0.3) is 0 Å². The van der Waals surface area contributed by atoms with Gasteiger partial charge in [0, 0.05) is 10.9 Å². The third-order valence-corrected chi connectivity index (χ3v) is 2.95. The number of aliphatic hydroxyl groups excluding tert-OH is 2. The van der Waals surface area contributed by atoms with E-state index >= 15 is 0 Å². The van der Waals surface area contributed by atoms with Crippen LogP contribution in [-0.4, -0.2) is 27.4 Å². The highest BCUT2D eigenvalue weighted by molar-refractivity contribution is 9.09. The number of carbonyl (C=O) groups excluding carboxylic acids is 1. The zero-order valence-electron chi connectivity index (χ0n) is 9.36. The van der Waals surface area contributed by atoms with Crippen LogP contribution in [0, 0.1) is 5.82 Å². The van der Waals surface area contributed by atoms with E-state index in [1.807, 2.05) is 0 Å². The molecule has 2 atom stereocenters. The van der Waals surface area contributed by atoms with E-state index in [-0.39, 0.29) is 11.1 Å². The highest BCUT2D eigenvalue weighted by Gasteiger charge is 2.23. The monoisotopic (exact) mass is 304 g/mol. The van der Waals surface area contributed by atoms with Crippen LogP contribution < -0.4 is 0 Å². The minimum absolute atomic E-state index is 0.0499. The standard InChI is InChI=1S/C12H14BrFO3/c1-7(15)8-3-2-4-9(11(8)14)12(17)10(16)5-6-13/h2-4,10,12,16-17H,5-6H2,1H3. The number of carbonyl (C=O) groups is 1. The molecule has 0 spiro atoms. The molecule has 0 aliphatic carbocycles. The molecule has 1 aromatic carbocycles. The molecule has 94 valence electrons. The number of Topliss-reactive ketones (excluding diaryl/α,β-unsaturated/α-hetero) is 1. The fourth-order valence-corrected chi connectivity index (χ4v) is 2.00. The summed E-state index contributed by atoms with van der Waals surface area (Å²) in [6, 6.07) is 4.20. The minimum atomic E-state index is -1.33. The summed E-state index contributed by atoms with van der Waals surface area (Å²) in [5.41, 5.74) is -0.126. The number of rotatable bonds is 5. The number of hydrogen-bond donors (Lipinski definition) is 2. The van der Waals surface area contributed by atoms with Gasteiger partial charge < -0.3 is 10.2 Å². The maximum atomic E-state index is 13.9. The summed E-state index contributed by atoms with van der Waals surface area (Å²) >= 11 is 3.13. The van der Waals surface area contributed by atoms with E-state index in [9.17, 15) is 19.4 Å². The molecule has 3 nitrogen and oxygen atoms in total. The number of halogens is 2. The summed E-state index contributed by atoms with van der Waals surface area (Å²) in [6.45, 7) is 1.25. The molecular weight excluding hydrogens is 291 g/mol. The zero-order chi connectivity index (χ0) is 13.0. The van der Waals surface area contributed by atoms with Crippen LogP contribution in [0.3, 0.4) is 0 Å². The molecule has 1 aromatic rings. The first-order valence-electron chi connectivity index (χ1n) is 5.20. The Hall–Kier alpha value is -0.780. The lowest BCUT2D eigenvalue weighted by molar-refractivity contribution is 0.0152. The second-order valence-electron chi connectivity index (χ2n) is 3.75. The van der Waals surface area contributed by atoms with Crippen molar-refractivity contribution in [3.8, 4) is 0 Å². The van der Waals surface area contributed by atoms with Crippen molar-refractivity contribution in [2.45, 2.75) is 25.6 Å². The smallest absolute Gasteiger partial charge is 0.162 e. The summed E-state index contributed by atoms with van der Waals surface area (Å²) in [5, 5.41) is 19.9. The number of hydrogen-bond acceptors (Lipinski definition) is 3. The van der Waals surface area contributed by atoms with Crippen molar-refractivity contribution in [2.75, 3.05) is 5.33 Å². The van der Waals surface area contributed by atoms with Gasteiger partial charge in [-0.25, -0.2) is 4.39 Å². The van der Waals surface area contributed by atoms with Crippen molar-refractivity contribution in [1.29, 1.82) is 0 Å². The molecule has 2 N–H and O–H groups in total. The van der Waals surface area contributed by atoms with E-state index in [4.69, 9.17) is 0 Å². The van der Waals surface area contributed by atoms with Crippen LogP contribution in [0.5, 0.6) is 0 Å². The Balaban J connectivity index is 3.06. The van der Waals surface area contributed by atoms with Gasteiger partial charge in [-0.1, -0.05) is 28.1 Å². The number of alkyl halides is 1. The molecule has 17 heavy (non-hydrogen) atoms. The Bertz CT molecular complexity index is 409. The largest absolute Gasteiger partial charge is 0.390 e. The lowest BCUT2D eigenvalue weighted by atomic mass is 9.98. The Morgan fingerprint density at radius 3 is 2.65 bits per heavy atom. The van der Waals surface area contributed by atoms with Gasteiger partial charge in [0.2, 0.25) is 0 Å². The van der Waals surface area contributed by atoms with Crippen LogP contribution in [-0.2, 0) is 0 Å². The molecule has 0 heterocycles. The molecule has 0 aromatic heterocycles. The quantitative estimate of drug-likeness (QED) is 0.648. The van der Waals surface area contributed by atoms with Gasteiger partial charge in [0.1, 0.15) is 11.9 Å². The Morgan fingerprint density at radius 1 is 1.47 bits per heavy atom. The van der Waals surface area contributed by atoms with E-state index in [0.29, 0.717) is 11.8 Å². The normalized spacial score (nSPS) is 14.4. The summed E-state index contributed by atoms with van der Waals surface area (Å²) in [6.07, 6.45) is -2.09. The first-order chi connectivity index (χ1) is 7.99. The van der Waals surface area contributed by atoms with Crippen LogP contribution in [0.2, 0.25) is 0 Å². The van der Waals surface area contributed by atoms with Crippen molar-refractivity contribution in [3.63, 3.8) is 0 Å². The molecule has 0 amide bonds. The van der Waals surface area contributed by atoms with Crippen LogP contribution in [0.4, 0.5) is 4.39 Å². The van der Waals surface area contributed by atoms with Crippen molar-refractivity contribution >= 4 is 21.7 Å². The minimum Gasteiger partial charge on any atom is -0.390 e. The second-order valence-corrected chi connectivity index (χ2v) is 4.55. The van der Waals surface area contributed by atoms with Crippen molar-refractivity contribution < 1.29 is 19.4 Å². The van der Waals surface area contributed by atoms with Gasteiger partial charge in [0.15, 0.2) is 5.78 Å². The van der Waals surface area contributed by atoms with Gasteiger partial charge in [0.05, 0.1) is 11.7 Å². The fraction of sp³-hybridized carbons (Fsp3) is 0.417. The van der Waals surface area contributed by atoms with Gasteiger partial charge in [-0.15, -0.1) is 0 Å². The van der Waals surface area contributed by atoms with E-state index in [2.05, 4.69) is 15.9 Å². The number of ketones is 1. The van der Waals surface area contributed by atoms with Crippen LogP contribution in [0.25, 0.3) is 0 Å². The van der Waals surface area contributed by atoms with Crippen molar-refractivity contribution in [2.24, 2.45) is 0 Å². The van der Waals surface area contributed by atoms with E-state index < -0.39 is 23.8 Å². The van der Waals surface area contributed by atoms with Gasteiger partial charge in [-0.05, 0) is 19.4 Å². The van der Waals surface area contributed by atoms with Gasteiger partial charge >= 0.3 is 0 Å². The van der Waals surface area contributed by atoms with E-state index in [1.54, 1.807) is 0 Å². The predicted octanol–water partition coefficient (Wildman–Crippen LogP) is 2.21. The maximum absolute atomic E-state index is 13.9. The van der Waals surface area contributed by atoms with Gasteiger partial charge in [-0.2, -0.15) is 0 Å². The lowest BCUT2D eigenvalue weighted by Crippen LogP contribution is -2.20. The van der Waals surface area contributed by atoms with E-state index in [0.717, 1.165) is 0 Å². The Labute approximate surface area is 107 Å². The van der Waals surface area contributed by atoms with E-state index in [1.165, 1.54) is 25.1 Å². The molecule has 0 aliphatic rings. The first-order valence-corrected chi connectivity index (χ1v) is 6.32. The molecule has 5 heteroatoms. The fourth-order valence-electron chi connectivity index (χ4n) is 1.53. The Kier molecular flexibility index (Phi) is 5.24. The topological polar surface area (TPSA) is 57.5 Å². The average Bonchev–Trinajstić information content (AvgIpc) is 2.28. The first kappa shape index (κ1) is 14.3. The second kappa shape index (κ2) is 6.23. The summed E-state index contributed by atoms with van der Waals surface area (Å²) < 4.78 is 13.9. The molecule has 2 unspecified atom stereocenters. The third kappa shape index (κ3) is 3.34. The molecule has 0 bridgehead atoms. The molecule has 0 saturated carbocycles. The van der Waals surface area contributed by atoms with Crippen molar-refractivity contribution in [3.05, 3.63) is 35.1 Å². The van der Waals surface area contributed by atoms with Crippen LogP contribution >= 0.6 is 15.9 Å². The molecule has 0 aliphatic heterocycles. The average molecular weight is 305 g/mol. The molecule has 1 rings (SSSR count). The van der Waals surface area contributed by atoms with Crippen molar-refractivity contribution in [1.82, 2.24) is 0 Å². The number of aliphatic hydroxyl groups is 2. The van der Waals surface area contributed by atoms with Crippen LogP contribution in [0.15, 0.2) is 18.2 Å². The van der Waals surface area contributed by atoms with Gasteiger partial charge in [-0.3, -0.25) is 4.79 Å². The highest BCUT2D eigenvalue weighted by Crippen LogP contribution is 2.24. The third-order valence-electron chi connectivity index (χ3n) is 2.50. The molecule has 0 saturated heterocycles. The molecule has 0 radical (unpaired) electrons. The van der Waals surface area contributed by atoms with Crippen LogP contribution in [0.1, 0.15) is 35.4 Å². The highest BCUT2D eigenvalue weighted by atomic mass is 79.9.